The lowest BCUT2D eigenvalue weighted by atomic mass is 9.87. The van der Waals surface area contributed by atoms with Gasteiger partial charge in [-0.25, -0.2) is 0 Å². The lowest BCUT2D eigenvalue weighted by molar-refractivity contribution is -0.158. The Hall–Kier alpha value is -3.68. The van der Waals surface area contributed by atoms with Gasteiger partial charge in [0.05, 0.1) is 0 Å². The molecular formula is C31H40N4O4. The van der Waals surface area contributed by atoms with E-state index in [0.717, 1.165) is 0 Å². The van der Waals surface area contributed by atoms with Crippen LogP contribution in [0.15, 0.2) is 48.5 Å². The topological polar surface area (TPSA) is 108 Å². The van der Waals surface area contributed by atoms with Crippen molar-refractivity contribution in [3.63, 3.8) is 0 Å². The number of anilines is 1. The maximum absolute atomic E-state index is 14.4. The van der Waals surface area contributed by atoms with Gasteiger partial charge in [0.25, 0.3) is 0 Å². The van der Waals surface area contributed by atoms with E-state index in [1.54, 1.807) is 24.3 Å². The first-order chi connectivity index (χ1) is 18.3. The van der Waals surface area contributed by atoms with Gasteiger partial charge < -0.3 is 20.9 Å². The van der Waals surface area contributed by atoms with Gasteiger partial charge in [0.1, 0.15) is 18.1 Å². The second-order valence-electron chi connectivity index (χ2n) is 12.3. The third kappa shape index (κ3) is 6.49. The first-order valence-corrected chi connectivity index (χ1v) is 13.7. The van der Waals surface area contributed by atoms with Crippen molar-refractivity contribution in [3.05, 3.63) is 65.2 Å². The van der Waals surface area contributed by atoms with Crippen molar-refractivity contribution in [2.45, 2.75) is 84.5 Å². The number of hydrogen-bond acceptors (Lipinski definition) is 4. The molecule has 3 atom stereocenters. The SMILES string of the molecule is CC(=O)Nc1cccc([C@H](C(=O)NC(C)(C)C)N2C(=O)C(C3Cc4ccccc4C3)NC(=O)[C@H]2CC(C)C)c1. The van der Waals surface area contributed by atoms with Gasteiger partial charge >= 0.3 is 0 Å². The van der Waals surface area contributed by atoms with Crippen LogP contribution in [0.1, 0.15) is 70.7 Å². The number of amides is 4. The minimum absolute atomic E-state index is 0.0987. The molecule has 0 saturated carbocycles. The van der Waals surface area contributed by atoms with Gasteiger partial charge in [0.2, 0.25) is 23.6 Å². The molecule has 1 aliphatic carbocycles. The minimum Gasteiger partial charge on any atom is -0.349 e. The molecule has 8 nitrogen and oxygen atoms in total. The van der Waals surface area contributed by atoms with Crippen LogP contribution >= 0.6 is 0 Å². The highest BCUT2D eigenvalue weighted by molar-refractivity contribution is 6.00. The monoisotopic (exact) mass is 532 g/mol. The van der Waals surface area contributed by atoms with Crippen molar-refractivity contribution in [1.82, 2.24) is 15.5 Å². The van der Waals surface area contributed by atoms with Crippen LogP contribution in [0.25, 0.3) is 0 Å². The Morgan fingerprint density at radius 3 is 2.23 bits per heavy atom. The number of carbonyl (C=O) groups is 4. The van der Waals surface area contributed by atoms with Crippen molar-refractivity contribution in [2.24, 2.45) is 11.8 Å². The van der Waals surface area contributed by atoms with Crippen molar-refractivity contribution in [3.8, 4) is 0 Å². The van der Waals surface area contributed by atoms with Crippen LogP contribution in [0, 0.1) is 11.8 Å². The molecule has 1 heterocycles. The second-order valence-corrected chi connectivity index (χ2v) is 12.3. The Morgan fingerprint density at radius 2 is 1.67 bits per heavy atom. The maximum atomic E-state index is 14.4. The summed E-state index contributed by atoms with van der Waals surface area (Å²) in [6.45, 7) is 11.0. The molecule has 208 valence electrons. The standard InChI is InChI=1S/C31H40N4O4/c1-18(2)14-25-28(37)33-26(23-15-20-10-7-8-11-21(20)16-23)30(39)35(25)27(29(38)34-31(4,5)6)22-12-9-13-24(17-22)32-19(3)36/h7-13,17-18,23,25-27H,14-16H2,1-6H3,(H,32,36)(H,33,37)(H,34,38)/t25-,26?,27-/m1/s1. The van der Waals surface area contributed by atoms with Crippen molar-refractivity contribution < 1.29 is 19.2 Å². The molecule has 39 heavy (non-hydrogen) atoms. The van der Waals surface area contributed by atoms with Gasteiger partial charge in [-0.2, -0.15) is 0 Å². The lowest BCUT2D eigenvalue weighted by Crippen LogP contribution is -2.67. The van der Waals surface area contributed by atoms with E-state index in [1.807, 2.05) is 46.8 Å². The highest BCUT2D eigenvalue weighted by atomic mass is 16.2. The summed E-state index contributed by atoms with van der Waals surface area (Å²) < 4.78 is 0. The predicted molar refractivity (Wildman–Crippen MR) is 151 cm³/mol. The van der Waals surface area contributed by atoms with Crippen molar-refractivity contribution >= 4 is 29.3 Å². The fourth-order valence-electron chi connectivity index (χ4n) is 5.74. The summed E-state index contributed by atoms with van der Waals surface area (Å²) in [5, 5.41) is 8.84. The molecule has 8 heteroatoms. The quantitative estimate of drug-likeness (QED) is 0.505. The van der Waals surface area contributed by atoms with E-state index in [4.69, 9.17) is 0 Å². The van der Waals surface area contributed by atoms with E-state index in [0.29, 0.717) is 30.5 Å². The van der Waals surface area contributed by atoms with Crippen LogP contribution < -0.4 is 16.0 Å². The molecule has 0 bridgehead atoms. The summed E-state index contributed by atoms with van der Waals surface area (Å²) >= 11 is 0. The van der Waals surface area contributed by atoms with E-state index in [-0.39, 0.29) is 35.5 Å². The summed E-state index contributed by atoms with van der Waals surface area (Å²) in [5.41, 5.74) is 2.86. The van der Waals surface area contributed by atoms with Gasteiger partial charge in [-0.05, 0) is 80.7 Å². The van der Waals surface area contributed by atoms with Crippen LogP contribution in [-0.2, 0) is 32.0 Å². The molecule has 4 rings (SSSR count). The fraction of sp³-hybridized carbons (Fsp3) is 0.484. The number of hydrogen-bond donors (Lipinski definition) is 3. The lowest BCUT2D eigenvalue weighted by Gasteiger charge is -2.45. The molecule has 2 aromatic rings. The number of piperazine rings is 1. The largest absolute Gasteiger partial charge is 0.349 e. The summed E-state index contributed by atoms with van der Waals surface area (Å²) in [5.74, 6) is -1.09. The Labute approximate surface area is 230 Å². The number of nitrogens with zero attached hydrogens (tertiary/aromatic N) is 1. The van der Waals surface area contributed by atoms with E-state index in [1.165, 1.54) is 23.0 Å². The third-order valence-electron chi connectivity index (χ3n) is 7.25. The molecular weight excluding hydrogens is 492 g/mol. The number of carbonyl (C=O) groups excluding carboxylic acids is 4. The first kappa shape index (κ1) is 28.3. The molecule has 1 saturated heterocycles. The first-order valence-electron chi connectivity index (χ1n) is 13.7. The van der Waals surface area contributed by atoms with Crippen molar-refractivity contribution in [2.75, 3.05) is 5.32 Å². The molecule has 4 amide bonds. The number of benzene rings is 2. The molecule has 0 aromatic heterocycles. The van der Waals surface area contributed by atoms with Crippen LogP contribution in [0.5, 0.6) is 0 Å². The van der Waals surface area contributed by atoms with Crippen LogP contribution in [0.3, 0.4) is 0 Å². The predicted octanol–water partition coefficient (Wildman–Crippen LogP) is 3.76. The van der Waals surface area contributed by atoms with E-state index < -0.39 is 23.7 Å². The average Bonchev–Trinajstić information content (AvgIpc) is 3.26. The van der Waals surface area contributed by atoms with E-state index in [9.17, 15) is 19.2 Å². The number of rotatable bonds is 7. The summed E-state index contributed by atoms with van der Waals surface area (Å²) in [6.07, 6.45) is 1.79. The van der Waals surface area contributed by atoms with Crippen LogP contribution in [-0.4, -0.2) is 46.2 Å². The summed E-state index contributed by atoms with van der Waals surface area (Å²) in [7, 11) is 0. The summed E-state index contributed by atoms with van der Waals surface area (Å²) in [4.78, 5) is 55.3. The fourth-order valence-corrected chi connectivity index (χ4v) is 5.74. The molecule has 3 N–H and O–H groups in total. The summed E-state index contributed by atoms with van der Waals surface area (Å²) in [6, 6.07) is 12.5. The zero-order chi connectivity index (χ0) is 28.5. The number of nitrogens with one attached hydrogen (secondary N) is 3. The van der Waals surface area contributed by atoms with Gasteiger partial charge in [-0.15, -0.1) is 0 Å². The molecule has 1 unspecified atom stereocenters. The van der Waals surface area contributed by atoms with E-state index in [2.05, 4.69) is 28.1 Å². The molecule has 0 spiro atoms. The average molecular weight is 533 g/mol. The highest BCUT2D eigenvalue weighted by Gasteiger charge is 2.49. The molecule has 2 aromatic carbocycles. The van der Waals surface area contributed by atoms with Gasteiger partial charge in [-0.1, -0.05) is 50.2 Å². The molecule has 1 fully saturated rings. The van der Waals surface area contributed by atoms with Crippen LogP contribution in [0.2, 0.25) is 0 Å². The smallest absolute Gasteiger partial charge is 0.247 e. The van der Waals surface area contributed by atoms with Crippen molar-refractivity contribution in [1.29, 1.82) is 0 Å². The van der Waals surface area contributed by atoms with E-state index >= 15 is 0 Å². The normalized spacial score (nSPS) is 20.4. The van der Waals surface area contributed by atoms with Gasteiger partial charge in [-0.3, -0.25) is 19.2 Å². The zero-order valence-electron chi connectivity index (χ0n) is 23.7. The Bertz CT molecular complexity index is 1240. The molecule has 0 radical (unpaired) electrons. The highest BCUT2D eigenvalue weighted by Crippen LogP contribution is 2.36. The Balaban J connectivity index is 1.79. The Morgan fingerprint density at radius 1 is 1.03 bits per heavy atom. The Kier molecular flexibility index (Phi) is 8.14. The maximum Gasteiger partial charge on any atom is 0.247 e. The van der Waals surface area contributed by atoms with Crippen LogP contribution in [0.4, 0.5) is 5.69 Å². The second kappa shape index (κ2) is 11.2. The van der Waals surface area contributed by atoms with Gasteiger partial charge in [0, 0.05) is 18.2 Å². The molecule has 2 aliphatic rings. The van der Waals surface area contributed by atoms with Gasteiger partial charge in [0.15, 0.2) is 0 Å². The molecule has 1 aliphatic heterocycles. The number of fused-ring (bicyclic) bond motifs is 1. The third-order valence-corrected chi connectivity index (χ3v) is 7.25. The minimum atomic E-state index is -1.05. The zero-order valence-corrected chi connectivity index (χ0v) is 23.7.